The van der Waals surface area contributed by atoms with E-state index in [1.54, 1.807) is 13.2 Å². The van der Waals surface area contributed by atoms with Gasteiger partial charge in [-0.2, -0.15) is 0 Å². The molecule has 0 saturated carbocycles. The summed E-state index contributed by atoms with van der Waals surface area (Å²) >= 11 is 1.23. The lowest BCUT2D eigenvalue weighted by atomic mass is 10.1. The highest BCUT2D eigenvalue weighted by molar-refractivity contribution is 7.14. The van der Waals surface area contributed by atoms with Crippen molar-refractivity contribution in [3.05, 3.63) is 45.6 Å². The van der Waals surface area contributed by atoms with Gasteiger partial charge in [-0.1, -0.05) is 12.1 Å². The minimum absolute atomic E-state index is 0.261. The molecule has 0 saturated heterocycles. The number of methoxy groups -OCH3 is 1. The van der Waals surface area contributed by atoms with Gasteiger partial charge >= 0.3 is 5.97 Å². The molecule has 0 unspecified atom stereocenters. The van der Waals surface area contributed by atoms with Crippen LogP contribution in [0.4, 0.5) is 0 Å². The first kappa shape index (κ1) is 14.4. The molecule has 1 aromatic carbocycles. The summed E-state index contributed by atoms with van der Waals surface area (Å²) in [7, 11) is 1.63. The molecule has 106 valence electrons. The van der Waals surface area contributed by atoms with E-state index in [9.17, 15) is 4.79 Å². The summed E-state index contributed by atoms with van der Waals surface area (Å²) in [5.41, 5.74) is 1.12. The largest absolute Gasteiger partial charge is 0.497 e. The maximum atomic E-state index is 11.1. The number of hydrogen-bond acceptors (Lipinski definition) is 4. The predicted molar refractivity (Wildman–Crippen MR) is 78.2 cm³/mol. The van der Waals surface area contributed by atoms with Crippen LogP contribution in [0.3, 0.4) is 0 Å². The van der Waals surface area contributed by atoms with Crippen molar-refractivity contribution in [3.63, 3.8) is 0 Å². The standard InChI is InChI=1S/C15H16O4S/c1-10-9-13(14(20-10)15(16)17)19-8-7-11-3-5-12(18-2)6-4-11/h3-6,9H,7-8H2,1-2H3,(H,16,17). The predicted octanol–water partition coefficient (Wildman–Crippen LogP) is 3.38. The highest BCUT2D eigenvalue weighted by Gasteiger charge is 2.15. The van der Waals surface area contributed by atoms with Crippen LogP contribution in [0.2, 0.25) is 0 Å². The van der Waals surface area contributed by atoms with E-state index < -0.39 is 5.97 Å². The Bertz CT molecular complexity index is 586. The van der Waals surface area contributed by atoms with Crippen molar-refractivity contribution >= 4 is 17.3 Å². The fourth-order valence-corrected chi connectivity index (χ4v) is 2.61. The third-order valence-electron chi connectivity index (χ3n) is 2.82. The van der Waals surface area contributed by atoms with Crippen LogP contribution in [0, 0.1) is 6.92 Å². The zero-order valence-electron chi connectivity index (χ0n) is 11.4. The van der Waals surface area contributed by atoms with Gasteiger partial charge in [0.15, 0.2) is 4.88 Å². The molecule has 0 fully saturated rings. The zero-order valence-corrected chi connectivity index (χ0v) is 12.2. The van der Waals surface area contributed by atoms with Gasteiger partial charge < -0.3 is 14.6 Å². The maximum Gasteiger partial charge on any atom is 0.349 e. The molecule has 0 atom stereocenters. The van der Waals surface area contributed by atoms with Crippen LogP contribution in [0.5, 0.6) is 11.5 Å². The Morgan fingerprint density at radius 1 is 1.30 bits per heavy atom. The Labute approximate surface area is 121 Å². The van der Waals surface area contributed by atoms with Gasteiger partial charge in [-0.3, -0.25) is 0 Å². The van der Waals surface area contributed by atoms with Gasteiger partial charge in [0.1, 0.15) is 11.5 Å². The van der Waals surface area contributed by atoms with Crippen molar-refractivity contribution in [3.8, 4) is 11.5 Å². The summed E-state index contributed by atoms with van der Waals surface area (Å²) < 4.78 is 10.7. The first-order valence-corrected chi connectivity index (χ1v) is 7.01. The number of rotatable bonds is 6. The molecule has 0 aliphatic heterocycles. The number of hydrogen-bond donors (Lipinski definition) is 1. The Hall–Kier alpha value is -2.01. The van der Waals surface area contributed by atoms with E-state index in [2.05, 4.69) is 0 Å². The lowest BCUT2D eigenvalue weighted by molar-refractivity contribution is 0.0698. The second-order valence-corrected chi connectivity index (χ2v) is 5.56. The van der Waals surface area contributed by atoms with Crippen molar-refractivity contribution in [2.45, 2.75) is 13.3 Å². The lowest BCUT2D eigenvalue weighted by Crippen LogP contribution is -2.04. The van der Waals surface area contributed by atoms with Crippen LogP contribution in [0.1, 0.15) is 20.1 Å². The second-order valence-electron chi connectivity index (χ2n) is 4.30. The molecule has 5 heteroatoms. The number of carboxylic acid groups (broad SMARTS) is 1. The maximum absolute atomic E-state index is 11.1. The van der Waals surface area contributed by atoms with Crippen molar-refractivity contribution in [2.75, 3.05) is 13.7 Å². The Balaban J connectivity index is 1.93. The van der Waals surface area contributed by atoms with Gasteiger partial charge in [0.25, 0.3) is 0 Å². The lowest BCUT2D eigenvalue weighted by Gasteiger charge is -2.06. The molecule has 0 aliphatic carbocycles. The molecule has 0 radical (unpaired) electrons. The summed E-state index contributed by atoms with van der Waals surface area (Å²) in [5, 5.41) is 9.07. The smallest absolute Gasteiger partial charge is 0.349 e. The minimum atomic E-state index is -0.942. The Morgan fingerprint density at radius 2 is 2.00 bits per heavy atom. The van der Waals surface area contributed by atoms with E-state index >= 15 is 0 Å². The number of carbonyl (C=O) groups is 1. The van der Waals surface area contributed by atoms with Crippen LogP contribution in [0.15, 0.2) is 30.3 Å². The molecular formula is C15H16O4S. The average molecular weight is 292 g/mol. The third-order valence-corrected chi connectivity index (χ3v) is 3.84. The second kappa shape index (κ2) is 6.43. The van der Waals surface area contributed by atoms with Gasteiger partial charge in [-0.25, -0.2) is 4.79 Å². The molecule has 1 aromatic heterocycles. The zero-order chi connectivity index (χ0) is 14.5. The number of ether oxygens (including phenoxy) is 2. The van der Waals surface area contributed by atoms with Crippen molar-refractivity contribution in [1.29, 1.82) is 0 Å². The van der Waals surface area contributed by atoms with Gasteiger partial charge in [0.2, 0.25) is 0 Å². The summed E-state index contributed by atoms with van der Waals surface area (Å²) in [6.07, 6.45) is 0.720. The number of aromatic carboxylic acids is 1. The molecule has 0 bridgehead atoms. The topological polar surface area (TPSA) is 55.8 Å². The Morgan fingerprint density at radius 3 is 2.60 bits per heavy atom. The van der Waals surface area contributed by atoms with Gasteiger partial charge in [-0.15, -0.1) is 11.3 Å². The molecule has 1 N–H and O–H groups in total. The molecule has 0 amide bonds. The number of carboxylic acids is 1. The highest BCUT2D eigenvalue weighted by Crippen LogP contribution is 2.29. The Kier molecular flexibility index (Phi) is 4.63. The number of benzene rings is 1. The fraction of sp³-hybridized carbons (Fsp3) is 0.267. The molecule has 2 rings (SSSR count). The SMILES string of the molecule is COc1ccc(CCOc2cc(C)sc2C(=O)O)cc1. The normalized spacial score (nSPS) is 10.3. The third kappa shape index (κ3) is 3.51. The quantitative estimate of drug-likeness (QED) is 0.886. The fourth-order valence-electron chi connectivity index (χ4n) is 1.82. The van der Waals surface area contributed by atoms with Crippen molar-refractivity contribution < 1.29 is 19.4 Å². The number of aryl methyl sites for hydroxylation is 1. The van der Waals surface area contributed by atoms with Crippen LogP contribution in [0.25, 0.3) is 0 Å². The average Bonchev–Trinajstić information content (AvgIpc) is 2.81. The van der Waals surface area contributed by atoms with E-state index in [-0.39, 0.29) is 4.88 Å². The molecule has 2 aromatic rings. The molecular weight excluding hydrogens is 276 g/mol. The van der Waals surface area contributed by atoms with E-state index in [4.69, 9.17) is 14.6 Å². The van der Waals surface area contributed by atoms with E-state index in [1.807, 2.05) is 31.2 Å². The minimum Gasteiger partial charge on any atom is -0.497 e. The van der Waals surface area contributed by atoms with Crippen LogP contribution in [-0.4, -0.2) is 24.8 Å². The molecule has 4 nitrogen and oxygen atoms in total. The summed E-state index contributed by atoms with van der Waals surface area (Å²) in [6, 6.07) is 9.50. The van der Waals surface area contributed by atoms with E-state index in [1.165, 1.54) is 11.3 Å². The molecule has 1 heterocycles. The van der Waals surface area contributed by atoms with Crippen molar-refractivity contribution in [2.24, 2.45) is 0 Å². The van der Waals surface area contributed by atoms with E-state index in [0.717, 1.165) is 22.6 Å². The first-order valence-electron chi connectivity index (χ1n) is 6.19. The highest BCUT2D eigenvalue weighted by atomic mass is 32.1. The van der Waals surface area contributed by atoms with Gasteiger partial charge in [-0.05, 0) is 30.7 Å². The molecule has 0 aliphatic rings. The van der Waals surface area contributed by atoms with Crippen LogP contribution >= 0.6 is 11.3 Å². The van der Waals surface area contributed by atoms with E-state index in [0.29, 0.717) is 12.4 Å². The van der Waals surface area contributed by atoms with Crippen LogP contribution in [-0.2, 0) is 6.42 Å². The summed E-state index contributed by atoms with van der Waals surface area (Å²) in [5.74, 6) is 0.326. The summed E-state index contributed by atoms with van der Waals surface area (Å²) in [6.45, 7) is 2.32. The molecule has 20 heavy (non-hydrogen) atoms. The van der Waals surface area contributed by atoms with Crippen LogP contribution < -0.4 is 9.47 Å². The summed E-state index contributed by atoms with van der Waals surface area (Å²) in [4.78, 5) is 12.2. The monoisotopic (exact) mass is 292 g/mol. The van der Waals surface area contributed by atoms with Gasteiger partial charge in [0.05, 0.1) is 13.7 Å². The van der Waals surface area contributed by atoms with Crippen molar-refractivity contribution in [1.82, 2.24) is 0 Å². The first-order chi connectivity index (χ1) is 9.60. The van der Waals surface area contributed by atoms with Gasteiger partial charge in [0, 0.05) is 11.3 Å². The number of thiophene rings is 1. The molecule has 0 spiro atoms.